The molecule has 0 radical (unpaired) electrons. The van der Waals surface area contributed by atoms with Gasteiger partial charge < -0.3 is 10.5 Å². The summed E-state index contributed by atoms with van der Waals surface area (Å²) < 4.78 is 5.09. The first-order valence-corrected chi connectivity index (χ1v) is 4.82. The van der Waals surface area contributed by atoms with Crippen molar-refractivity contribution in [3.63, 3.8) is 0 Å². The lowest BCUT2D eigenvalue weighted by molar-refractivity contribution is 0.0455. The van der Waals surface area contributed by atoms with E-state index in [0.717, 1.165) is 18.9 Å². The zero-order valence-electron chi connectivity index (χ0n) is 6.69. The lowest BCUT2D eigenvalue weighted by Gasteiger charge is -2.25. The van der Waals surface area contributed by atoms with Crippen LogP contribution in [0.5, 0.6) is 0 Å². The van der Waals surface area contributed by atoms with Gasteiger partial charge in [0.2, 0.25) is 0 Å². The topological polar surface area (TPSA) is 35.2 Å². The van der Waals surface area contributed by atoms with Crippen LogP contribution in [0.3, 0.4) is 0 Å². The van der Waals surface area contributed by atoms with Crippen molar-refractivity contribution in [1.29, 1.82) is 0 Å². The number of nitrogen functional groups attached to an aromatic ring is 1. The Bertz CT molecular complexity index is 256. The lowest BCUT2D eigenvalue weighted by atomic mass is 10.3. The summed E-state index contributed by atoms with van der Waals surface area (Å²) in [5, 5.41) is 0.647. The molecule has 0 aromatic heterocycles. The van der Waals surface area contributed by atoms with Gasteiger partial charge in [-0.1, -0.05) is 0 Å². The molecular formula is C9H11NOS. The zero-order valence-corrected chi connectivity index (χ0v) is 7.51. The maximum Gasteiger partial charge on any atom is 0.0611 e. The maximum atomic E-state index is 5.57. The molecule has 12 heavy (non-hydrogen) atoms. The Kier molecular flexibility index (Phi) is 2.23. The first kappa shape index (κ1) is 7.95. The minimum absolute atomic E-state index is 0.647. The number of nitrogens with two attached hydrogens (primary N) is 1. The van der Waals surface area contributed by atoms with Gasteiger partial charge in [-0.3, -0.25) is 0 Å². The second-order valence-electron chi connectivity index (χ2n) is 2.85. The van der Waals surface area contributed by atoms with Crippen LogP contribution in [0.2, 0.25) is 0 Å². The molecule has 1 saturated heterocycles. The maximum absolute atomic E-state index is 5.57. The Hall–Kier alpha value is -0.670. The van der Waals surface area contributed by atoms with Crippen LogP contribution < -0.4 is 5.73 Å². The molecule has 2 rings (SSSR count). The third kappa shape index (κ3) is 1.73. The smallest absolute Gasteiger partial charge is 0.0611 e. The molecule has 0 spiro atoms. The first-order valence-electron chi connectivity index (χ1n) is 3.94. The van der Waals surface area contributed by atoms with Crippen molar-refractivity contribution in [1.82, 2.24) is 0 Å². The minimum atomic E-state index is 0.647. The van der Waals surface area contributed by atoms with Crippen LogP contribution in [0.25, 0.3) is 0 Å². The summed E-state index contributed by atoms with van der Waals surface area (Å²) in [6, 6.07) is 7.97. The first-order chi connectivity index (χ1) is 5.84. The summed E-state index contributed by atoms with van der Waals surface area (Å²) in [5.74, 6) is 0. The summed E-state index contributed by atoms with van der Waals surface area (Å²) in [6.07, 6.45) is 0. The van der Waals surface area contributed by atoms with E-state index in [1.807, 2.05) is 23.9 Å². The van der Waals surface area contributed by atoms with Gasteiger partial charge in [-0.15, -0.1) is 11.8 Å². The molecule has 1 aromatic rings. The Morgan fingerprint density at radius 2 is 1.92 bits per heavy atom. The number of thioether (sulfide) groups is 1. The highest BCUT2D eigenvalue weighted by atomic mass is 32.2. The molecule has 1 aliphatic heterocycles. The van der Waals surface area contributed by atoms with Crippen LogP contribution in [-0.4, -0.2) is 18.5 Å². The fourth-order valence-electron chi connectivity index (χ4n) is 1.02. The molecule has 0 unspecified atom stereocenters. The van der Waals surface area contributed by atoms with Crippen molar-refractivity contribution in [3.05, 3.63) is 24.3 Å². The molecule has 1 heterocycles. The lowest BCUT2D eigenvalue weighted by Crippen LogP contribution is -2.29. The molecule has 0 bridgehead atoms. The minimum Gasteiger partial charge on any atom is -0.399 e. The monoisotopic (exact) mass is 181 g/mol. The molecular weight excluding hydrogens is 170 g/mol. The van der Waals surface area contributed by atoms with E-state index in [1.165, 1.54) is 4.90 Å². The SMILES string of the molecule is Nc1ccc(SC2COC2)cc1. The van der Waals surface area contributed by atoms with E-state index in [1.54, 1.807) is 0 Å². The van der Waals surface area contributed by atoms with Crippen LogP contribution in [0.1, 0.15) is 0 Å². The van der Waals surface area contributed by atoms with E-state index in [0.29, 0.717) is 5.25 Å². The molecule has 0 aliphatic carbocycles. The highest BCUT2D eigenvalue weighted by molar-refractivity contribution is 8.00. The molecule has 0 amide bonds. The fourth-order valence-corrected chi connectivity index (χ4v) is 2.03. The predicted molar refractivity (Wildman–Crippen MR) is 51.3 cm³/mol. The van der Waals surface area contributed by atoms with E-state index >= 15 is 0 Å². The number of hydrogen-bond donors (Lipinski definition) is 1. The van der Waals surface area contributed by atoms with Crippen LogP contribution in [-0.2, 0) is 4.74 Å². The van der Waals surface area contributed by atoms with Gasteiger partial charge in [0.15, 0.2) is 0 Å². The van der Waals surface area contributed by atoms with Crippen molar-refractivity contribution >= 4 is 17.4 Å². The van der Waals surface area contributed by atoms with Crippen molar-refractivity contribution in [2.45, 2.75) is 10.1 Å². The summed E-state index contributed by atoms with van der Waals surface area (Å²) >= 11 is 1.86. The normalized spacial score (nSPS) is 17.3. The fraction of sp³-hybridized carbons (Fsp3) is 0.333. The molecule has 1 aromatic carbocycles. The van der Waals surface area contributed by atoms with Gasteiger partial charge in [0.1, 0.15) is 0 Å². The molecule has 0 atom stereocenters. The summed E-state index contributed by atoms with van der Waals surface area (Å²) in [5.41, 5.74) is 6.39. The van der Waals surface area contributed by atoms with Gasteiger partial charge in [-0.05, 0) is 24.3 Å². The molecule has 0 saturated carbocycles. The van der Waals surface area contributed by atoms with E-state index < -0.39 is 0 Å². The van der Waals surface area contributed by atoms with Gasteiger partial charge in [-0.2, -0.15) is 0 Å². The average Bonchev–Trinajstić information content (AvgIpc) is 2.00. The van der Waals surface area contributed by atoms with Crippen LogP contribution in [0, 0.1) is 0 Å². The second-order valence-corrected chi connectivity index (χ2v) is 4.22. The Morgan fingerprint density at radius 3 is 2.42 bits per heavy atom. The quantitative estimate of drug-likeness (QED) is 0.706. The van der Waals surface area contributed by atoms with E-state index in [-0.39, 0.29) is 0 Å². The van der Waals surface area contributed by atoms with Gasteiger partial charge in [-0.25, -0.2) is 0 Å². The van der Waals surface area contributed by atoms with E-state index in [9.17, 15) is 0 Å². The highest BCUT2D eigenvalue weighted by Crippen LogP contribution is 2.28. The molecule has 1 fully saturated rings. The van der Waals surface area contributed by atoms with Crippen LogP contribution in [0.4, 0.5) is 5.69 Å². The van der Waals surface area contributed by atoms with Gasteiger partial charge in [0.25, 0.3) is 0 Å². The molecule has 1 aliphatic rings. The number of hydrogen-bond acceptors (Lipinski definition) is 3. The second kappa shape index (κ2) is 3.37. The number of ether oxygens (including phenoxy) is 1. The predicted octanol–water partition coefficient (Wildman–Crippen LogP) is 1.76. The Labute approximate surface area is 76.1 Å². The van der Waals surface area contributed by atoms with Gasteiger partial charge >= 0.3 is 0 Å². The Morgan fingerprint density at radius 1 is 1.25 bits per heavy atom. The van der Waals surface area contributed by atoms with Crippen molar-refractivity contribution in [2.75, 3.05) is 18.9 Å². The zero-order chi connectivity index (χ0) is 8.39. The van der Waals surface area contributed by atoms with Gasteiger partial charge in [0, 0.05) is 10.6 Å². The molecule has 2 nitrogen and oxygen atoms in total. The highest BCUT2D eigenvalue weighted by Gasteiger charge is 2.18. The molecule has 2 N–H and O–H groups in total. The standard InChI is InChI=1S/C9H11NOS/c10-7-1-3-8(4-2-7)12-9-5-11-6-9/h1-4,9H,5-6,10H2. The Balaban J connectivity index is 1.98. The number of rotatable bonds is 2. The third-order valence-corrected chi connectivity index (χ3v) is 2.94. The van der Waals surface area contributed by atoms with Crippen molar-refractivity contribution in [3.8, 4) is 0 Å². The summed E-state index contributed by atoms with van der Waals surface area (Å²) in [7, 11) is 0. The number of benzene rings is 1. The number of anilines is 1. The average molecular weight is 181 g/mol. The van der Waals surface area contributed by atoms with E-state index in [2.05, 4.69) is 12.1 Å². The van der Waals surface area contributed by atoms with Gasteiger partial charge in [0.05, 0.1) is 18.5 Å². The van der Waals surface area contributed by atoms with Crippen molar-refractivity contribution in [2.24, 2.45) is 0 Å². The van der Waals surface area contributed by atoms with Crippen LogP contribution >= 0.6 is 11.8 Å². The third-order valence-electron chi connectivity index (χ3n) is 1.79. The van der Waals surface area contributed by atoms with Crippen LogP contribution in [0.15, 0.2) is 29.2 Å². The summed E-state index contributed by atoms with van der Waals surface area (Å²) in [4.78, 5) is 1.28. The largest absolute Gasteiger partial charge is 0.399 e. The van der Waals surface area contributed by atoms with E-state index in [4.69, 9.17) is 10.5 Å². The van der Waals surface area contributed by atoms with Crippen molar-refractivity contribution < 1.29 is 4.74 Å². The molecule has 64 valence electrons. The summed E-state index contributed by atoms with van der Waals surface area (Å²) in [6.45, 7) is 1.77. The molecule has 3 heteroatoms.